The number of para-hydroxylation sites is 1. The molecule has 0 aliphatic heterocycles. The lowest BCUT2D eigenvalue weighted by molar-refractivity contribution is 0.310. The summed E-state index contributed by atoms with van der Waals surface area (Å²) < 4.78 is 6.61. The van der Waals surface area contributed by atoms with Crippen molar-refractivity contribution in [3.8, 4) is 11.5 Å². The van der Waals surface area contributed by atoms with Gasteiger partial charge in [0.1, 0.15) is 18.1 Å². The smallest absolute Gasteiger partial charge is 0.133 e. The maximum Gasteiger partial charge on any atom is 0.133 e. The number of rotatable bonds is 3. The Morgan fingerprint density at radius 1 is 1.00 bits per heavy atom. The molecule has 18 heavy (non-hydrogen) atoms. The van der Waals surface area contributed by atoms with Crippen LogP contribution in [0.2, 0.25) is 0 Å². The second kappa shape index (κ2) is 4.70. The first-order valence-corrected chi connectivity index (χ1v) is 6.53. The summed E-state index contributed by atoms with van der Waals surface area (Å²) in [6.45, 7) is 0.531. The maximum absolute atomic E-state index is 9.74. The van der Waals surface area contributed by atoms with Gasteiger partial charge in [0.25, 0.3) is 0 Å². The Labute approximate surface area is 109 Å². The van der Waals surface area contributed by atoms with Crippen molar-refractivity contribution in [3.63, 3.8) is 0 Å². The third-order valence-corrected chi connectivity index (χ3v) is 3.85. The van der Waals surface area contributed by atoms with Crippen molar-refractivity contribution in [2.45, 2.75) is 6.61 Å². The van der Waals surface area contributed by atoms with Crippen LogP contribution < -0.4 is 4.74 Å². The molecule has 0 spiro atoms. The van der Waals surface area contributed by atoms with E-state index in [0.29, 0.717) is 12.4 Å². The molecule has 3 heteroatoms. The van der Waals surface area contributed by atoms with E-state index < -0.39 is 0 Å². The third-order valence-electron chi connectivity index (χ3n) is 2.70. The van der Waals surface area contributed by atoms with Crippen molar-refractivity contribution in [2.24, 2.45) is 0 Å². The van der Waals surface area contributed by atoms with Crippen LogP contribution in [-0.2, 0) is 6.61 Å². The maximum atomic E-state index is 9.74. The molecule has 3 aromatic rings. The summed E-state index contributed by atoms with van der Waals surface area (Å²) in [5, 5.41) is 10.8. The van der Waals surface area contributed by atoms with E-state index in [1.165, 1.54) is 0 Å². The van der Waals surface area contributed by atoms with Crippen LogP contribution >= 0.6 is 11.3 Å². The first-order valence-electron chi connectivity index (χ1n) is 5.71. The van der Waals surface area contributed by atoms with E-state index in [2.05, 4.69) is 6.07 Å². The average molecular weight is 256 g/mol. The monoisotopic (exact) mass is 256 g/mol. The van der Waals surface area contributed by atoms with Gasteiger partial charge in [0.15, 0.2) is 0 Å². The van der Waals surface area contributed by atoms with Crippen LogP contribution in [0.5, 0.6) is 11.5 Å². The van der Waals surface area contributed by atoms with Crippen LogP contribution in [0.4, 0.5) is 0 Å². The lowest BCUT2D eigenvalue weighted by Gasteiger charge is -2.02. The van der Waals surface area contributed by atoms with Gasteiger partial charge in [-0.15, -0.1) is 11.3 Å². The van der Waals surface area contributed by atoms with Gasteiger partial charge in [-0.25, -0.2) is 0 Å². The molecule has 2 nitrogen and oxygen atoms in total. The number of hydrogen-bond donors (Lipinski definition) is 1. The molecular formula is C15H12O2S. The van der Waals surface area contributed by atoms with Crippen LogP contribution in [-0.4, -0.2) is 5.11 Å². The zero-order chi connectivity index (χ0) is 12.4. The Morgan fingerprint density at radius 3 is 2.61 bits per heavy atom. The highest BCUT2D eigenvalue weighted by atomic mass is 32.1. The van der Waals surface area contributed by atoms with Crippen molar-refractivity contribution in [1.29, 1.82) is 0 Å². The Bertz CT molecular complexity index is 659. The van der Waals surface area contributed by atoms with Crippen LogP contribution in [0.1, 0.15) is 4.88 Å². The van der Waals surface area contributed by atoms with Crippen LogP contribution in [0.3, 0.4) is 0 Å². The molecule has 0 fully saturated rings. The van der Waals surface area contributed by atoms with Gasteiger partial charge in [0.05, 0.1) is 4.70 Å². The van der Waals surface area contributed by atoms with Gasteiger partial charge in [-0.05, 0) is 29.7 Å². The minimum atomic E-state index is 0.337. The van der Waals surface area contributed by atoms with E-state index in [1.807, 2.05) is 42.5 Å². The lowest BCUT2D eigenvalue weighted by Crippen LogP contribution is -1.91. The summed E-state index contributed by atoms with van der Waals surface area (Å²) in [6, 6.07) is 17.4. The predicted molar refractivity (Wildman–Crippen MR) is 74.3 cm³/mol. The minimum absolute atomic E-state index is 0.337. The van der Waals surface area contributed by atoms with Crippen LogP contribution in [0, 0.1) is 0 Å². The quantitative estimate of drug-likeness (QED) is 0.761. The largest absolute Gasteiger partial charge is 0.506 e. The normalized spacial score (nSPS) is 10.7. The van der Waals surface area contributed by atoms with E-state index in [4.69, 9.17) is 4.74 Å². The Kier molecular flexibility index (Phi) is 2.90. The molecular weight excluding hydrogens is 244 g/mol. The molecule has 2 aromatic carbocycles. The fourth-order valence-electron chi connectivity index (χ4n) is 1.84. The Balaban J connectivity index is 1.81. The highest BCUT2D eigenvalue weighted by Crippen LogP contribution is 2.33. The number of benzene rings is 2. The standard InChI is InChI=1S/C15H12O2S/c16-14-8-4-5-11-9-13(18-15(11)14)10-17-12-6-2-1-3-7-12/h1-9,16H,10H2. The van der Waals surface area contributed by atoms with Gasteiger partial charge < -0.3 is 9.84 Å². The van der Waals surface area contributed by atoms with Gasteiger partial charge >= 0.3 is 0 Å². The first kappa shape index (κ1) is 11.1. The van der Waals surface area contributed by atoms with Crippen molar-refractivity contribution < 1.29 is 9.84 Å². The zero-order valence-corrected chi connectivity index (χ0v) is 10.5. The van der Waals surface area contributed by atoms with E-state index >= 15 is 0 Å². The Hall–Kier alpha value is -2.00. The molecule has 1 heterocycles. The van der Waals surface area contributed by atoms with Crippen molar-refractivity contribution in [2.75, 3.05) is 0 Å². The third kappa shape index (κ3) is 2.17. The molecule has 1 N–H and O–H groups in total. The number of phenolic OH excluding ortho intramolecular Hbond substituents is 1. The SMILES string of the molecule is Oc1cccc2cc(COc3ccccc3)sc12. The van der Waals surface area contributed by atoms with E-state index in [9.17, 15) is 5.11 Å². The highest BCUT2D eigenvalue weighted by molar-refractivity contribution is 7.19. The average Bonchev–Trinajstić information content (AvgIpc) is 2.82. The molecule has 0 unspecified atom stereocenters. The summed E-state index contributed by atoms with van der Waals surface area (Å²) in [4.78, 5) is 1.11. The molecule has 0 bridgehead atoms. The highest BCUT2D eigenvalue weighted by Gasteiger charge is 2.05. The number of thiophene rings is 1. The molecule has 0 saturated carbocycles. The number of phenols is 1. The second-order valence-electron chi connectivity index (χ2n) is 4.01. The summed E-state index contributed by atoms with van der Waals surface area (Å²) in [5.74, 6) is 1.20. The molecule has 0 amide bonds. The summed E-state index contributed by atoms with van der Waals surface area (Å²) >= 11 is 1.57. The van der Waals surface area contributed by atoms with Gasteiger partial charge in [0.2, 0.25) is 0 Å². The van der Waals surface area contributed by atoms with Crippen molar-refractivity contribution >= 4 is 21.4 Å². The molecule has 90 valence electrons. The van der Waals surface area contributed by atoms with Crippen LogP contribution in [0.15, 0.2) is 54.6 Å². The Morgan fingerprint density at radius 2 is 1.83 bits per heavy atom. The minimum Gasteiger partial charge on any atom is -0.506 e. The van der Waals surface area contributed by atoms with E-state index in [-0.39, 0.29) is 0 Å². The van der Waals surface area contributed by atoms with Crippen molar-refractivity contribution in [1.82, 2.24) is 0 Å². The van der Waals surface area contributed by atoms with Gasteiger partial charge in [-0.3, -0.25) is 0 Å². The molecule has 0 aliphatic carbocycles. The summed E-state index contributed by atoms with van der Waals surface area (Å²) in [6.07, 6.45) is 0. The fraction of sp³-hybridized carbons (Fsp3) is 0.0667. The zero-order valence-electron chi connectivity index (χ0n) is 9.67. The summed E-state index contributed by atoms with van der Waals surface area (Å²) in [7, 11) is 0. The summed E-state index contributed by atoms with van der Waals surface area (Å²) in [5.41, 5.74) is 0. The van der Waals surface area contributed by atoms with Crippen molar-refractivity contribution in [3.05, 3.63) is 59.5 Å². The number of hydrogen-bond acceptors (Lipinski definition) is 3. The van der Waals surface area contributed by atoms with Gasteiger partial charge in [0, 0.05) is 4.88 Å². The van der Waals surface area contributed by atoms with Gasteiger partial charge in [-0.1, -0.05) is 30.3 Å². The molecule has 0 radical (unpaired) electrons. The molecule has 0 aliphatic rings. The van der Waals surface area contributed by atoms with Gasteiger partial charge in [-0.2, -0.15) is 0 Å². The second-order valence-corrected chi connectivity index (χ2v) is 5.15. The van der Waals surface area contributed by atoms with E-state index in [0.717, 1.165) is 20.7 Å². The fourth-order valence-corrected chi connectivity index (χ4v) is 2.83. The molecule has 1 aromatic heterocycles. The lowest BCUT2D eigenvalue weighted by atomic mass is 10.2. The topological polar surface area (TPSA) is 29.5 Å². The number of ether oxygens (including phenoxy) is 1. The first-order chi connectivity index (χ1) is 8.83. The number of aromatic hydroxyl groups is 1. The van der Waals surface area contributed by atoms with E-state index in [1.54, 1.807) is 17.4 Å². The number of fused-ring (bicyclic) bond motifs is 1. The molecule has 3 rings (SSSR count). The van der Waals surface area contributed by atoms with Crippen LogP contribution in [0.25, 0.3) is 10.1 Å². The molecule has 0 saturated heterocycles. The molecule has 0 atom stereocenters. The predicted octanol–water partition coefficient (Wildman–Crippen LogP) is 4.19.